The summed E-state index contributed by atoms with van der Waals surface area (Å²) in [6, 6.07) is 5.35. The Hall–Kier alpha value is -2.28. The molecule has 0 aromatic heterocycles. The standard InChI is InChI=1S/C19H23FN2O4/c1-4-19(18(25)26-6-3)14-13(16(23)22(5-2)17(14)24)15(21-19)11-9-7-8-10-12(11)20/h7-10,13-15,21H,4-6H2,1-3H3. The molecule has 2 fully saturated rings. The number of fused-ring (bicyclic) bond motifs is 1. The average Bonchev–Trinajstić information content (AvgIpc) is 3.10. The van der Waals surface area contributed by atoms with E-state index in [2.05, 4.69) is 5.32 Å². The Balaban J connectivity index is 2.15. The summed E-state index contributed by atoms with van der Waals surface area (Å²) in [5, 5.41) is 3.12. The number of nitrogens with zero attached hydrogens (tertiary/aromatic N) is 1. The van der Waals surface area contributed by atoms with E-state index < -0.39 is 41.1 Å². The monoisotopic (exact) mass is 362 g/mol. The zero-order valence-electron chi connectivity index (χ0n) is 15.1. The molecule has 0 spiro atoms. The number of likely N-dealkylation sites (tertiary alicyclic amines) is 1. The van der Waals surface area contributed by atoms with E-state index in [9.17, 15) is 18.8 Å². The van der Waals surface area contributed by atoms with Crippen LogP contribution >= 0.6 is 0 Å². The van der Waals surface area contributed by atoms with Gasteiger partial charge in [0.2, 0.25) is 11.8 Å². The van der Waals surface area contributed by atoms with Crippen molar-refractivity contribution in [1.29, 1.82) is 0 Å². The van der Waals surface area contributed by atoms with Crippen molar-refractivity contribution >= 4 is 17.8 Å². The van der Waals surface area contributed by atoms with Crippen LogP contribution in [0.1, 0.15) is 38.8 Å². The van der Waals surface area contributed by atoms with Gasteiger partial charge in [0.15, 0.2) is 0 Å². The van der Waals surface area contributed by atoms with Gasteiger partial charge in [0.25, 0.3) is 0 Å². The predicted octanol–water partition coefficient (Wildman–Crippen LogP) is 1.80. The molecule has 7 heteroatoms. The van der Waals surface area contributed by atoms with Gasteiger partial charge >= 0.3 is 5.97 Å². The second kappa shape index (κ2) is 6.79. The van der Waals surface area contributed by atoms with Crippen LogP contribution in [0.4, 0.5) is 4.39 Å². The van der Waals surface area contributed by atoms with Gasteiger partial charge in [-0.05, 0) is 26.3 Å². The molecule has 4 atom stereocenters. The topological polar surface area (TPSA) is 75.7 Å². The highest BCUT2D eigenvalue weighted by atomic mass is 19.1. The van der Waals surface area contributed by atoms with Gasteiger partial charge in [-0.25, -0.2) is 4.39 Å². The van der Waals surface area contributed by atoms with Crippen molar-refractivity contribution in [2.24, 2.45) is 11.8 Å². The molecular formula is C19H23FN2O4. The third kappa shape index (κ3) is 2.45. The summed E-state index contributed by atoms with van der Waals surface area (Å²) >= 11 is 0. The molecule has 2 amide bonds. The maximum absolute atomic E-state index is 14.4. The van der Waals surface area contributed by atoms with Gasteiger partial charge in [-0.1, -0.05) is 25.1 Å². The van der Waals surface area contributed by atoms with Crippen molar-refractivity contribution in [3.63, 3.8) is 0 Å². The largest absolute Gasteiger partial charge is 0.465 e. The van der Waals surface area contributed by atoms with Crippen molar-refractivity contribution in [2.75, 3.05) is 13.2 Å². The number of rotatable bonds is 5. The lowest BCUT2D eigenvalue weighted by Gasteiger charge is -2.31. The molecule has 1 aromatic rings. The lowest BCUT2D eigenvalue weighted by molar-refractivity contribution is -0.156. The number of carbonyl (C=O) groups is 3. The van der Waals surface area contributed by atoms with Crippen LogP contribution in [0.25, 0.3) is 0 Å². The van der Waals surface area contributed by atoms with Crippen molar-refractivity contribution in [3.05, 3.63) is 35.6 Å². The Kier molecular flexibility index (Phi) is 4.84. The maximum Gasteiger partial charge on any atom is 0.327 e. The second-order valence-corrected chi connectivity index (χ2v) is 6.61. The van der Waals surface area contributed by atoms with E-state index >= 15 is 0 Å². The molecule has 0 radical (unpaired) electrons. The van der Waals surface area contributed by atoms with E-state index in [1.165, 1.54) is 6.07 Å². The number of ether oxygens (including phenoxy) is 1. The predicted molar refractivity (Wildman–Crippen MR) is 91.3 cm³/mol. The van der Waals surface area contributed by atoms with Gasteiger partial charge in [0.05, 0.1) is 18.4 Å². The number of carbonyl (C=O) groups excluding carboxylic acids is 3. The summed E-state index contributed by atoms with van der Waals surface area (Å²) in [6.45, 7) is 5.53. The molecule has 1 aromatic carbocycles. The van der Waals surface area contributed by atoms with Crippen LogP contribution in [-0.4, -0.2) is 41.4 Å². The van der Waals surface area contributed by atoms with Crippen LogP contribution in [0.15, 0.2) is 24.3 Å². The summed E-state index contributed by atoms with van der Waals surface area (Å²) in [4.78, 5) is 39.8. The van der Waals surface area contributed by atoms with E-state index in [0.717, 1.165) is 4.90 Å². The number of halogens is 1. The summed E-state index contributed by atoms with van der Waals surface area (Å²) in [6.07, 6.45) is 0.258. The Labute approximate surface area is 151 Å². The number of nitrogens with one attached hydrogen (secondary N) is 1. The summed E-state index contributed by atoms with van der Waals surface area (Å²) < 4.78 is 19.7. The first kappa shape index (κ1) is 18.5. The van der Waals surface area contributed by atoms with Crippen molar-refractivity contribution in [1.82, 2.24) is 10.2 Å². The van der Waals surface area contributed by atoms with E-state index in [0.29, 0.717) is 0 Å². The number of hydrogen-bond acceptors (Lipinski definition) is 5. The Morgan fingerprint density at radius 1 is 1.23 bits per heavy atom. The molecule has 2 aliphatic rings. The van der Waals surface area contributed by atoms with Gasteiger partial charge in [-0.3, -0.25) is 24.6 Å². The van der Waals surface area contributed by atoms with Crippen molar-refractivity contribution in [2.45, 2.75) is 38.8 Å². The number of imide groups is 1. The molecular weight excluding hydrogens is 339 g/mol. The zero-order valence-corrected chi connectivity index (χ0v) is 15.1. The molecule has 140 valence electrons. The molecule has 26 heavy (non-hydrogen) atoms. The van der Waals surface area contributed by atoms with Gasteiger partial charge in [0, 0.05) is 18.2 Å². The minimum atomic E-state index is -1.34. The molecule has 6 nitrogen and oxygen atoms in total. The van der Waals surface area contributed by atoms with Crippen molar-refractivity contribution < 1.29 is 23.5 Å². The minimum absolute atomic E-state index is 0.156. The van der Waals surface area contributed by atoms with Crippen LogP contribution in [0.3, 0.4) is 0 Å². The highest BCUT2D eigenvalue weighted by Crippen LogP contribution is 2.50. The average molecular weight is 362 g/mol. The van der Waals surface area contributed by atoms with Crippen LogP contribution < -0.4 is 5.32 Å². The quantitative estimate of drug-likeness (QED) is 0.639. The smallest absolute Gasteiger partial charge is 0.327 e. The van der Waals surface area contributed by atoms with E-state index in [1.54, 1.807) is 39.0 Å². The lowest BCUT2D eigenvalue weighted by atomic mass is 9.78. The van der Waals surface area contributed by atoms with Gasteiger partial charge in [-0.2, -0.15) is 0 Å². The molecule has 0 bridgehead atoms. The maximum atomic E-state index is 14.4. The van der Waals surface area contributed by atoms with Gasteiger partial charge < -0.3 is 4.74 Å². The fourth-order valence-electron chi connectivity index (χ4n) is 4.28. The number of esters is 1. The first-order chi connectivity index (χ1) is 12.4. The zero-order chi connectivity index (χ0) is 19.1. The third-order valence-corrected chi connectivity index (χ3v) is 5.50. The molecule has 2 saturated heterocycles. The molecule has 0 aliphatic carbocycles. The summed E-state index contributed by atoms with van der Waals surface area (Å²) in [7, 11) is 0. The Morgan fingerprint density at radius 2 is 1.92 bits per heavy atom. The number of amides is 2. The number of hydrogen-bond donors (Lipinski definition) is 1. The van der Waals surface area contributed by atoms with Crippen LogP contribution in [0, 0.1) is 17.7 Å². The minimum Gasteiger partial charge on any atom is -0.465 e. The lowest BCUT2D eigenvalue weighted by Crippen LogP contribution is -2.56. The second-order valence-electron chi connectivity index (χ2n) is 6.61. The normalized spacial score (nSPS) is 30.6. The molecule has 0 saturated carbocycles. The van der Waals surface area contributed by atoms with Crippen molar-refractivity contribution in [3.8, 4) is 0 Å². The first-order valence-corrected chi connectivity index (χ1v) is 8.97. The van der Waals surface area contributed by atoms with Gasteiger partial charge in [0.1, 0.15) is 11.4 Å². The van der Waals surface area contributed by atoms with Crippen LogP contribution in [0.2, 0.25) is 0 Å². The van der Waals surface area contributed by atoms with E-state index in [4.69, 9.17) is 4.74 Å². The number of benzene rings is 1. The van der Waals surface area contributed by atoms with E-state index in [1.807, 2.05) is 0 Å². The summed E-state index contributed by atoms with van der Waals surface area (Å²) in [5.41, 5.74) is -1.06. The summed E-state index contributed by atoms with van der Waals surface area (Å²) in [5.74, 6) is -3.55. The molecule has 1 N–H and O–H groups in total. The Bertz CT molecular complexity index is 753. The molecule has 2 heterocycles. The molecule has 2 aliphatic heterocycles. The molecule has 3 rings (SSSR count). The van der Waals surface area contributed by atoms with Gasteiger partial charge in [-0.15, -0.1) is 0 Å². The highest BCUT2D eigenvalue weighted by molar-refractivity contribution is 6.09. The highest BCUT2D eigenvalue weighted by Gasteiger charge is 2.68. The van der Waals surface area contributed by atoms with E-state index in [-0.39, 0.29) is 31.0 Å². The fraction of sp³-hybridized carbons (Fsp3) is 0.526. The first-order valence-electron chi connectivity index (χ1n) is 8.97. The Morgan fingerprint density at radius 3 is 2.50 bits per heavy atom. The fourth-order valence-corrected chi connectivity index (χ4v) is 4.28. The molecule has 4 unspecified atom stereocenters. The van der Waals surface area contributed by atoms with Crippen LogP contribution in [-0.2, 0) is 19.1 Å². The third-order valence-electron chi connectivity index (χ3n) is 5.50. The SMILES string of the molecule is CCOC(=O)C1(CC)NC(c2ccccc2F)C2C(=O)N(CC)C(=O)C21. The van der Waals surface area contributed by atoms with Crippen LogP contribution in [0.5, 0.6) is 0 Å².